The maximum Gasteiger partial charge on any atom is 0.0664 e. The molecule has 3 heteroatoms. The Morgan fingerprint density at radius 2 is 2.27 bits per heavy atom. The minimum Gasteiger partial charge on any atom is -0.325 e. The second-order valence-corrected chi connectivity index (χ2v) is 4.60. The molecule has 0 bridgehead atoms. The number of rotatable bonds is 3. The molecule has 0 saturated heterocycles. The van der Waals surface area contributed by atoms with Gasteiger partial charge in [-0.15, -0.1) is 0 Å². The summed E-state index contributed by atoms with van der Waals surface area (Å²) in [6.45, 7) is 0. The summed E-state index contributed by atoms with van der Waals surface area (Å²) in [6, 6.07) is 6.35. The molecule has 0 aromatic carbocycles. The Morgan fingerprint density at radius 3 is 3.07 bits per heavy atom. The Balaban J connectivity index is 1.78. The smallest absolute Gasteiger partial charge is 0.0664 e. The third-order valence-electron chi connectivity index (χ3n) is 3.27. The highest BCUT2D eigenvalue weighted by atomic mass is 15.2. The topological polar surface area (TPSA) is 43.3 Å². The van der Waals surface area contributed by atoms with Crippen LogP contribution in [0, 0.1) is 0 Å². The van der Waals surface area contributed by atoms with Crippen molar-refractivity contribution in [3.8, 4) is 0 Å². The molecule has 2 N–H and O–H groups in total. The first-order valence-electron chi connectivity index (χ1n) is 5.46. The first-order chi connectivity index (χ1) is 7.25. The predicted octanol–water partition coefficient (Wildman–Crippen LogP) is 1.76. The summed E-state index contributed by atoms with van der Waals surface area (Å²) >= 11 is 0. The summed E-state index contributed by atoms with van der Waals surface area (Å²) in [6.07, 6.45) is 8.42. The van der Waals surface area contributed by atoms with E-state index in [1.165, 1.54) is 18.4 Å². The molecule has 78 valence electrons. The van der Waals surface area contributed by atoms with Crippen molar-refractivity contribution in [3.05, 3.63) is 36.2 Å². The predicted molar refractivity (Wildman–Crippen MR) is 59.7 cm³/mol. The van der Waals surface area contributed by atoms with E-state index in [9.17, 15) is 0 Å². The number of nitrogens with two attached hydrogens (primary N) is 1. The molecule has 3 nitrogen and oxygen atoms in total. The molecule has 1 aliphatic rings. The van der Waals surface area contributed by atoms with Crippen LogP contribution in [0.1, 0.15) is 24.8 Å². The second-order valence-electron chi connectivity index (χ2n) is 4.60. The van der Waals surface area contributed by atoms with Crippen molar-refractivity contribution in [2.45, 2.75) is 31.2 Å². The van der Waals surface area contributed by atoms with Crippen LogP contribution in [0.3, 0.4) is 0 Å². The van der Waals surface area contributed by atoms with Crippen molar-refractivity contribution in [1.29, 1.82) is 0 Å². The molecule has 0 amide bonds. The van der Waals surface area contributed by atoms with E-state index in [2.05, 4.69) is 17.2 Å². The maximum absolute atomic E-state index is 6.07. The van der Waals surface area contributed by atoms with Gasteiger partial charge in [-0.25, -0.2) is 4.52 Å². The fourth-order valence-corrected chi connectivity index (χ4v) is 1.93. The highest BCUT2D eigenvalue weighted by molar-refractivity contribution is 5.47. The molecule has 2 aromatic rings. The van der Waals surface area contributed by atoms with E-state index in [1.807, 2.05) is 23.0 Å². The standard InChI is InChI=1S/C12H15N3/c13-12(5-6-12)4-1-10-3-8-15-11(9-10)2-7-14-15/h2-3,7-9H,1,4-6,13H2. The van der Waals surface area contributed by atoms with Crippen LogP contribution in [0.15, 0.2) is 30.6 Å². The zero-order valence-electron chi connectivity index (χ0n) is 8.69. The van der Waals surface area contributed by atoms with Gasteiger partial charge in [-0.1, -0.05) is 0 Å². The summed E-state index contributed by atoms with van der Waals surface area (Å²) < 4.78 is 1.89. The van der Waals surface area contributed by atoms with Gasteiger partial charge in [0, 0.05) is 17.9 Å². The Hall–Kier alpha value is -1.35. The number of aromatic nitrogens is 2. The van der Waals surface area contributed by atoms with Gasteiger partial charge in [0.15, 0.2) is 0 Å². The Morgan fingerprint density at radius 1 is 1.40 bits per heavy atom. The van der Waals surface area contributed by atoms with E-state index in [-0.39, 0.29) is 5.54 Å². The quantitative estimate of drug-likeness (QED) is 0.822. The molecule has 3 rings (SSSR count). The van der Waals surface area contributed by atoms with Crippen LogP contribution in [-0.4, -0.2) is 15.2 Å². The number of hydrogen-bond acceptors (Lipinski definition) is 2. The lowest BCUT2D eigenvalue weighted by Crippen LogP contribution is -2.22. The number of fused-ring (bicyclic) bond motifs is 1. The van der Waals surface area contributed by atoms with Gasteiger partial charge in [-0.2, -0.15) is 5.10 Å². The fourth-order valence-electron chi connectivity index (χ4n) is 1.93. The molecule has 2 aromatic heterocycles. The van der Waals surface area contributed by atoms with E-state index in [4.69, 9.17) is 5.73 Å². The number of pyridine rings is 1. The van der Waals surface area contributed by atoms with E-state index in [0.29, 0.717) is 0 Å². The normalized spacial score (nSPS) is 18.2. The summed E-state index contributed by atoms with van der Waals surface area (Å²) in [5.41, 5.74) is 8.75. The zero-order valence-corrected chi connectivity index (χ0v) is 8.69. The molecule has 0 unspecified atom stereocenters. The van der Waals surface area contributed by atoms with Crippen LogP contribution in [0.25, 0.3) is 5.52 Å². The summed E-state index contributed by atoms with van der Waals surface area (Å²) in [4.78, 5) is 0. The van der Waals surface area contributed by atoms with E-state index >= 15 is 0 Å². The van der Waals surface area contributed by atoms with Crippen LogP contribution in [0.5, 0.6) is 0 Å². The van der Waals surface area contributed by atoms with Crippen LogP contribution >= 0.6 is 0 Å². The van der Waals surface area contributed by atoms with Crippen LogP contribution in [-0.2, 0) is 6.42 Å². The van der Waals surface area contributed by atoms with Crippen molar-refractivity contribution in [2.75, 3.05) is 0 Å². The summed E-state index contributed by atoms with van der Waals surface area (Å²) in [5.74, 6) is 0. The Kier molecular flexibility index (Phi) is 1.83. The third-order valence-corrected chi connectivity index (χ3v) is 3.27. The molecule has 1 saturated carbocycles. The molecule has 1 aliphatic carbocycles. The van der Waals surface area contributed by atoms with Gasteiger partial charge >= 0.3 is 0 Å². The van der Waals surface area contributed by atoms with Gasteiger partial charge in [-0.3, -0.25) is 0 Å². The number of hydrogen-bond donors (Lipinski definition) is 1. The molecule has 15 heavy (non-hydrogen) atoms. The van der Waals surface area contributed by atoms with Crippen LogP contribution < -0.4 is 5.73 Å². The van der Waals surface area contributed by atoms with Crippen molar-refractivity contribution < 1.29 is 0 Å². The molecular weight excluding hydrogens is 186 g/mol. The van der Waals surface area contributed by atoms with Crippen molar-refractivity contribution >= 4 is 5.52 Å². The van der Waals surface area contributed by atoms with Gasteiger partial charge < -0.3 is 5.73 Å². The average molecular weight is 201 g/mol. The summed E-state index contributed by atoms with van der Waals surface area (Å²) in [7, 11) is 0. The zero-order chi connectivity index (χ0) is 10.3. The molecule has 0 spiro atoms. The fraction of sp³-hybridized carbons (Fsp3) is 0.417. The molecule has 0 radical (unpaired) electrons. The first kappa shape index (κ1) is 8.92. The molecular formula is C12H15N3. The molecule has 0 atom stereocenters. The van der Waals surface area contributed by atoms with Crippen LogP contribution in [0.4, 0.5) is 0 Å². The SMILES string of the molecule is NC1(CCc2ccn3nccc3c2)CC1. The lowest BCUT2D eigenvalue weighted by atomic mass is 10.1. The van der Waals surface area contributed by atoms with Gasteiger partial charge in [-0.05, 0) is 49.4 Å². The van der Waals surface area contributed by atoms with E-state index in [1.54, 1.807) is 0 Å². The lowest BCUT2D eigenvalue weighted by Gasteiger charge is -2.07. The van der Waals surface area contributed by atoms with Crippen molar-refractivity contribution in [1.82, 2.24) is 9.61 Å². The van der Waals surface area contributed by atoms with Gasteiger partial charge in [0.05, 0.1) is 5.52 Å². The number of aryl methyl sites for hydroxylation is 1. The van der Waals surface area contributed by atoms with Gasteiger partial charge in [0.25, 0.3) is 0 Å². The highest BCUT2D eigenvalue weighted by Gasteiger charge is 2.37. The largest absolute Gasteiger partial charge is 0.325 e. The number of nitrogens with zero attached hydrogens (tertiary/aromatic N) is 2. The van der Waals surface area contributed by atoms with Crippen molar-refractivity contribution in [2.24, 2.45) is 5.73 Å². The first-order valence-corrected chi connectivity index (χ1v) is 5.46. The maximum atomic E-state index is 6.07. The summed E-state index contributed by atoms with van der Waals surface area (Å²) in [5, 5.41) is 4.17. The molecule has 0 aliphatic heterocycles. The van der Waals surface area contributed by atoms with Gasteiger partial charge in [0.1, 0.15) is 0 Å². The highest BCUT2D eigenvalue weighted by Crippen LogP contribution is 2.36. The second kappa shape index (κ2) is 3.07. The minimum atomic E-state index is 0.159. The van der Waals surface area contributed by atoms with E-state index in [0.717, 1.165) is 18.4 Å². The van der Waals surface area contributed by atoms with Gasteiger partial charge in [0.2, 0.25) is 0 Å². The monoisotopic (exact) mass is 201 g/mol. The lowest BCUT2D eigenvalue weighted by molar-refractivity contribution is 0.609. The van der Waals surface area contributed by atoms with Crippen molar-refractivity contribution in [3.63, 3.8) is 0 Å². The van der Waals surface area contributed by atoms with Crippen LogP contribution in [0.2, 0.25) is 0 Å². The Labute approximate surface area is 88.9 Å². The third kappa shape index (κ3) is 1.75. The average Bonchev–Trinajstić information content (AvgIpc) is 2.80. The molecule has 2 heterocycles. The van der Waals surface area contributed by atoms with E-state index < -0.39 is 0 Å². The molecule has 1 fully saturated rings. The Bertz CT molecular complexity index is 482. The minimum absolute atomic E-state index is 0.159.